The van der Waals surface area contributed by atoms with Crippen molar-refractivity contribution >= 4 is 21.6 Å². The van der Waals surface area contributed by atoms with E-state index in [-0.39, 0.29) is 23.4 Å². The third-order valence-electron chi connectivity index (χ3n) is 5.96. The van der Waals surface area contributed by atoms with Crippen molar-refractivity contribution in [2.24, 2.45) is 0 Å². The van der Waals surface area contributed by atoms with Gasteiger partial charge in [-0.15, -0.1) is 0 Å². The smallest absolute Gasteiger partial charge is 0.264 e. The van der Waals surface area contributed by atoms with Crippen LogP contribution in [0.2, 0.25) is 0 Å². The highest BCUT2D eigenvalue weighted by Crippen LogP contribution is 2.31. The Bertz CT molecular complexity index is 1220. The summed E-state index contributed by atoms with van der Waals surface area (Å²) in [7, 11) is -3.92. The molecule has 1 N–H and O–H groups in total. The molecule has 0 unspecified atom stereocenters. The van der Waals surface area contributed by atoms with Crippen LogP contribution in [0.4, 0.5) is 5.69 Å². The summed E-state index contributed by atoms with van der Waals surface area (Å²) in [6, 6.07) is 21.9. The second-order valence-corrected chi connectivity index (χ2v) is 10.2. The van der Waals surface area contributed by atoms with Crippen LogP contribution in [-0.2, 0) is 21.2 Å². The Kier molecular flexibility index (Phi) is 6.33. The van der Waals surface area contributed by atoms with E-state index in [2.05, 4.69) is 11.4 Å². The zero-order valence-corrected chi connectivity index (χ0v) is 19.2. The van der Waals surface area contributed by atoms with E-state index in [0.717, 1.165) is 36.0 Å². The average molecular weight is 449 g/mol. The highest BCUT2D eigenvalue weighted by Gasteiger charge is 2.30. The second-order valence-electron chi connectivity index (χ2n) is 8.33. The fourth-order valence-corrected chi connectivity index (χ4v) is 5.78. The lowest BCUT2D eigenvalue weighted by Crippen LogP contribution is -2.42. The van der Waals surface area contributed by atoms with Gasteiger partial charge in [0.05, 0.1) is 16.6 Å². The topological polar surface area (TPSA) is 66.5 Å². The molecule has 0 aromatic heterocycles. The van der Waals surface area contributed by atoms with E-state index in [1.54, 1.807) is 30.3 Å². The van der Waals surface area contributed by atoms with Gasteiger partial charge in [-0.1, -0.05) is 54.6 Å². The summed E-state index contributed by atoms with van der Waals surface area (Å²) in [5.74, 6) is -0.313. The van der Waals surface area contributed by atoms with Crippen LogP contribution in [0.3, 0.4) is 0 Å². The summed E-state index contributed by atoms with van der Waals surface area (Å²) >= 11 is 0. The molecule has 1 amide bonds. The van der Waals surface area contributed by atoms with Gasteiger partial charge in [0.15, 0.2) is 0 Å². The summed E-state index contributed by atoms with van der Waals surface area (Å²) < 4.78 is 28.4. The van der Waals surface area contributed by atoms with Gasteiger partial charge in [0.2, 0.25) is 5.91 Å². The Balaban J connectivity index is 1.66. The number of nitrogens with zero attached hydrogens (tertiary/aromatic N) is 1. The van der Waals surface area contributed by atoms with Crippen LogP contribution < -0.4 is 9.62 Å². The SMILES string of the molecule is Cc1ccc(C)c(N(CC(=O)N[C@@H]2CCCc3ccccc32)S(=O)(=O)c2ccccc2)c1. The Hall–Kier alpha value is -3.12. The molecule has 0 heterocycles. The standard InChI is InChI=1S/C26H28N2O3S/c1-19-15-16-20(2)25(17-19)28(32(30,31)22-11-4-3-5-12-22)18-26(29)27-24-14-8-10-21-9-6-7-13-23(21)24/h3-7,9,11-13,15-17,24H,8,10,14,18H2,1-2H3,(H,27,29)/t24-/m1/s1. The van der Waals surface area contributed by atoms with Gasteiger partial charge in [-0.2, -0.15) is 0 Å². The summed E-state index contributed by atoms with van der Waals surface area (Å²) in [4.78, 5) is 13.3. The molecule has 3 aromatic carbocycles. The predicted octanol–water partition coefficient (Wildman–Crippen LogP) is 4.69. The highest BCUT2D eigenvalue weighted by molar-refractivity contribution is 7.92. The number of benzene rings is 3. The lowest BCUT2D eigenvalue weighted by atomic mass is 9.88. The molecule has 6 heteroatoms. The van der Waals surface area contributed by atoms with E-state index < -0.39 is 10.0 Å². The number of aryl methyl sites for hydroxylation is 3. The number of hydrogen-bond acceptors (Lipinski definition) is 3. The van der Waals surface area contributed by atoms with Crippen molar-refractivity contribution in [3.63, 3.8) is 0 Å². The number of hydrogen-bond donors (Lipinski definition) is 1. The summed E-state index contributed by atoms with van der Waals surface area (Å²) in [6.07, 6.45) is 2.84. The molecule has 0 radical (unpaired) electrons. The molecule has 0 bridgehead atoms. The summed E-state index contributed by atoms with van der Waals surface area (Å²) in [5.41, 5.74) is 4.61. The molecular formula is C26H28N2O3S. The van der Waals surface area contributed by atoms with Crippen molar-refractivity contribution in [2.75, 3.05) is 10.8 Å². The quantitative estimate of drug-likeness (QED) is 0.595. The van der Waals surface area contributed by atoms with Crippen molar-refractivity contribution in [1.29, 1.82) is 0 Å². The monoisotopic (exact) mass is 448 g/mol. The minimum Gasteiger partial charge on any atom is -0.348 e. The first-order chi connectivity index (χ1) is 15.4. The number of carbonyl (C=O) groups is 1. The second kappa shape index (κ2) is 9.17. The van der Waals surface area contributed by atoms with Gasteiger partial charge in [0, 0.05) is 0 Å². The summed E-state index contributed by atoms with van der Waals surface area (Å²) in [6.45, 7) is 3.49. The van der Waals surface area contributed by atoms with Gasteiger partial charge >= 0.3 is 0 Å². The number of rotatable bonds is 6. The van der Waals surface area contributed by atoms with E-state index in [1.807, 2.05) is 50.2 Å². The molecule has 4 rings (SSSR count). The van der Waals surface area contributed by atoms with E-state index in [1.165, 1.54) is 9.87 Å². The van der Waals surface area contributed by atoms with Crippen LogP contribution in [0, 0.1) is 13.8 Å². The van der Waals surface area contributed by atoms with Crippen LogP contribution in [0.1, 0.15) is 41.1 Å². The van der Waals surface area contributed by atoms with Crippen molar-refractivity contribution < 1.29 is 13.2 Å². The predicted molar refractivity (Wildman–Crippen MR) is 127 cm³/mol. The molecule has 1 aliphatic carbocycles. The van der Waals surface area contributed by atoms with Crippen molar-refractivity contribution in [3.05, 3.63) is 95.1 Å². The molecule has 166 valence electrons. The van der Waals surface area contributed by atoms with Gasteiger partial charge in [0.1, 0.15) is 6.54 Å². The third-order valence-corrected chi connectivity index (χ3v) is 7.73. The lowest BCUT2D eigenvalue weighted by molar-refractivity contribution is -0.120. The Morgan fingerprint density at radius 2 is 1.72 bits per heavy atom. The van der Waals surface area contributed by atoms with Crippen LogP contribution in [0.5, 0.6) is 0 Å². The van der Waals surface area contributed by atoms with E-state index in [0.29, 0.717) is 5.69 Å². The Labute approximate surface area is 190 Å². The van der Waals surface area contributed by atoms with Crippen molar-refractivity contribution in [3.8, 4) is 0 Å². The van der Waals surface area contributed by atoms with Gasteiger partial charge in [0.25, 0.3) is 10.0 Å². The molecular weight excluding hydrogens is 420 g/mol. The van der Waals surface area contributed by atoms with E-state index >= 15 is 0 Å². The van der Waals surface area contributed by atoms with E-state index in [4.69, 9.17) is 0 Å². The molecule has 0 fully saturated rings. The largest absolute Gasteiger partial charge is 0.348 e. The maximum atomic E-state index is 13.6. The number of sulfonamides is 1. The van der Waals surface area contributed by atoms with Crippen molar-refractivity contribution in [1.82, 2.24) is 5.32 Å². The average Bonchev–Trinajstić information content (AvgIpc) is 2.80. The normalized spacial score (nSPS) is 15.6. The number of amides is 1. The van der Waals surface area contributed by atoms with Crippen molar-refractivity contribution in [2.45, 2.75) is 44.0 Å². The van der Waals surface area contributed by atoms with Gasteiger partial charge < -0.3 is 5.32 Å². The lowest BCUT2D eigenvalue weighted by Gasteiger charge is -2.29. The minimum absolute atomic E-state index is 0.104. The highest BCUT2D eigenvalue weighted by atomic mass is 32.2. The Morgan fingerprint density at radius 1 is 1.00 bits per heavy atom. The van der Waals surface area contributed by atoms with Crippen LogP contribution in [-0.4, -0.2) is 20.9 Å². The molecule has 1 atom stereocenters. The fraction of sp³-hybridized carbons (Fsp3) is 0.269. The molecule has 0 aliphatic heterocycles. The molecule has 32 heavy (non-hydrogen) atoms. The van der Waals surface area contributed by atoms with Crippen LogP contribution in [0.15, 0.2) is 77.7 Å². The molecule has 1 aliphatic rings. The maximum absolute atomic E-state index is 13.6. The first-order valence-corrected chi connectivity index (χ1v) is 12.3. The van der Waals surface area contributed by atoms with Gasteiger partial charge in [-0.3, -0.25) is 9.10 Å². The number of carbonyl (C=O) groups excluding carboxylic acids is 1. The molecule has 0 spiro atoms. The maximum Gasteiger partial charge on any atom is 0.264 e. The molecule has 3 aromatic rings. The summed E-state index contributed by atoms with van der Waals surface area (Å²) in [5, 5.41) is 3.09. The first kappa shape index (κ1) is 22.1. The van der Waals surface area contributed by atoms with Crippen LogP contribution >= 0.6 is 0 Å². The Morgan fingerprint density at radius 3 is 2.50 bits per heavy atom. The van der Waals surface area contributed by atoms with Crippen LogP contribution in [0.25, 0.3) is 0 Å². The minimum atomic E-state index is -3.92. The zero-order valence-electron chi connectivity index (χ0n) is 18.4. The molecule has 5 nitrogen and oxygen atoms in total. The number of nitrogens with one attached hydrogen (secondary N) is 1. The zero-order chi connectivity index (χ0) is 22.7. The first-order valence-electron chi connectivity index (χ1n) is 10.9. The number of fused-ring (bicyclic) bond motifs is 1. The van der Waals surface area contributed by atoms with Gasteiger partial charge in [-0.05, 0) is 73.6 Å². The fourth-order valence-electron chi connectivity index (χ4n) is 4.28. The van der Waals surface area contributed by atoms with Gasteiger partial charge in [-0.25, -0.2) is 8.42 Å². The number of anilines is 1. The van der Waals surface area contributed by atoms with E-state index in [9.17, 15) is 13.2 Å². The molecule has 0 saturated heterocycles. The molecule has 0 saturated carbocycles. The third kappa shape index (κ3) is 4.55.